The Labute approximate surface area is 133 Å². The van der Waals surface area contributed by atoms with Crippen LogP contribution in [0.1, 0.15) is 18.1 Å². The predicted molar refractivity (Wildman–Crippen MR) is 86.6 cm³/mol. The Kier molecular flexibility index (Phi) is 5.59. The molecule has 1 heterocycles. The van der Waals surface area contributed by atoms with Gasteiger partial charge < -0.3 is 15.2 Å². The Bertz CT molecular complexity index is 603. The van der Waals surface area contributed by atoms with Gasteiger partial charge in [0, 0.05) is 16.7 Å². The topological polar surface area (TPSA) is 57.4 Å². The summed E-state index contributed by atoms with van der Waals surface area (Å²) in [6, 6.07) is 9.83. The van der Waals surface area contributed by atoms with Crippen molar-refractivity contribution in [2.45, 2.75) is 26.0 Å². The number of hydrogen-bond donors (Lipinski definition) is 1. The van der Waals surface area contributed by atoms with Crippen molar-refractivity contribution in [3.05, 3.63) is 52.1 Å². The molecule has 112 valence electrons. The molecule has 0 spiro atoms. The van der Waals surface area contributed by atoms with Crippen LogP contribution in [0.25, 0.3) is 0 Å². The molecule has 0 radical (unpaired) electrons. The van der Waals surface area contributed by atoms with E-state index in [1.165, 1.54) is 0 Å². The molecule has 0 aliphatic heterocycles. The molecule has 2 aromatic rings. The summed E-state index contributed by atoms with van der Waals surface area (Å²) in [5.74, 6) is 1.42. The Hall–Kier alpha value is -1.59. The van der Waals surface area contributed by atoms with E-state index in [0.717, 1.165) is 27.8 Å². The van der Waals surface area contributed by atoms with Crippen LogP contribution in [0.3, 0.4) is 0 Å². The van der Waals surface area contributed by atoms with Crippen molar-refractivity contribution in [1.29, 1.82) is 0 Å². The van der Waals surface area contributed by atoms with Crippen molar-refractivity contribution < 1.29 is 9.47 Å². The third kappa shape index (κ3) is 4.44. The highest BCUT2D eigenvalue weighted by atomic mass is 79.9. The molecule has 2 N–H and O–H groups in total. The monoisotopic (exact) mass is 350 g/mol. The third-order valence-corrected chi connectivity index (χ3v) is 3.48. The molecule has 0 saturated heterocycles. The number of benzene rings is 1. The summed E-state index contributed by atoms with van der Waals surface area (Å²) in [5.41, 5.74) is 7.89. The highest BCUT2D eigenvalue weighted by molar-refractivity contribution is 9.10. The Morgan fingerprint density at radius 2 is 2.10 bits per heavy atom. The minimum Gasteiger partial charge on any atom is -0.488 e. The van der Waals surface area contributed by atoms with Crippen LogP contribution < -0.4 is 15.2 Å². The maximum atomic E-state index is 5.93. The Morgan fingerprint density at radius 3 is 2.81 bits per heavy atom. The first-order valence-electron chi connectivity index (χ1n) is 6.75. The third-order valence-electron chi connectivity index (χ3n) is 2.99. The van der Waals surface area contributed by atoms with Crippen LogP contribution in [0.5, 0.6) is 11.6 Å². The average Bonchev–Trinajstić information content (AvgIpc) is 2.46. The first-order chi connectivity index (χ1) is 10.1. The summed E-state index contributed by atoms with van der Waals surface area (Å²) < 4.78 is 12.2. The van der Waals surface area contributed by atoms with Gasteiger partial charge in [-0.3, -0.25) is 0 Å². The maximum absolute atomic E-state index is 5.93. The van der Waals surface area contributed by atoms with E-state index < -0.39 is 0 Å². The molecule has 0 amide bonds. The lowest BCUT2D eigenvalue weighted by atomic mass is 10.1. The number of nitrogens with two attached hydrogens (primary N) is 1. The van der Waals surface area contributed by atoms with E-state index in [-0.39, 0.29) is 6.04 Å². The lowest BCUT2D eigenvalue weighted by Crippen LogP contribution is -2.18. The molecule has 21 heavy (non-hydrogen) atoms. The van der Waals surface area contributed by atoms with Crippen LogP contribution in [0, 0.1) is 0 Å². The molecule has 2 rings (SSSR count). The van der Waals surface area contributed by atoms with Gasteiger partial charge in [0.1, 0.15) is 12.4 Å². The molecule has 0 aliphatic rings. The zero-order valence-corrected chi connectivity index (χ0v) is 13.8. The van der Waals surface area contributed by atoms with E-state index in [4.69, 9.17) is 15.2 Å². The summed E-state index contributed by atoms with van der Waals surface area (Å²) in [6.45, 7) is 2.39. The van der Waals surface area contributed by atoms with Gasteiger partial charge in [0.05, 0.1) is 12.7 Å². The second-order valence-corrected chi connectivity index (χ2v) is 5.81. The van der Waals surface area contributed by atoms with Crippen molar-refractivity contribution in [1.82, 2.24) is 4.98 Å². The van der Waals surface area contributed by atoms with Gasteiger partial charge in [-0.25, -0.2) is 4.98 Å². The van der Waals surface area contributed by atoms with Gasteiger partial charge in [-0.2, -0.15) is 0 Å². The first kappa shape index (κ1) is 15.8. The number of pyridine rings is 1. The standard InChI is InChI=1S/C16H19BrN2O2/c1-11(18)8-13-9-14(17)5-6-15(13)21-10-12-4-3-7-19-16(12)20-2/h3-7,9,11H,8,10,18H2,1-2H3. The number of halogens is 1. The molecular weight excluding hydrogens is 332 g/mol. The van der Waals surface area contributed by atoms with E-state index in [1.807, 2.05) is 37.3 Å². The number of rotatable bonds is 6. The van der Waals surface area contributed by atoms with Crippen molar-refractivity contribution in [2.75, 3.05) is 7.11 Å². The van der Waals surface area contributed by atoms with Crippen LogP contribution in [0.4, 0.5) is 0 Å². The van der Waals surface area contributed by atoms with Gasteiger partial charge in [0.2, 0.25) is 5.88 Å². The van der Waals surface area contributed by atoms with E-state index >= 15 is 0 Å². The summed E-state index contributed by atoms with van der Waals surface area (Å²) in [5, 5.41) is 0. The molecule has 0 aliphatic carbocycles. The zero-order chi connectivity index (χ0) is 15.2. The van der Waals surface area contributed by atoms with Crippen molar-refractivity contribution in [3.63, 3.8) is 0 Å². The van der Waals surface area contributed by atoms with Gasteiger partial charge >= 0.3 is 0 Å². The molecule has 1 aromatic heterocycles. The smallest absolute Gasteiger partial charge is 0.219 e. The van der Waals surface area contributed by atoms with Gasteiger partial charge in [-0.05, 0) is 49.2 Å². The van der Waals surface area contributed by atoms with Crippen LogP contribution in [0.15, 0.2) is 41.0 Å². The number of aromatic nitrogens is 1. The fourth-order valence-corrected chi connectivity index (χ4v) is 2.48. The van der Waals surface area contributed by atoms with E-state index in [9.17, 15) is 0 Å². The SMILES string of the molecule is COc1ncccc1COc1ccc(Br)cc1CC(C)N. The molecule has 1 aromatic carbocycles. The van der Waals surface area contributed by atoms with E-state index in [2.05, 4.69) is 20.9 Å². The summed E-state index contributed by atoms with van der Waals surface area (Å²) in [6.07, 6.45) is 2.46. The number of nitrogens with zero attached hydrogens (tertiary/aromatic N) is 1. The van der Waals surface area contributed by atoms with Crippen molar-refractivity contribution in [3.8, 4) is 11.6 Å². The minimum atomic E-state index is 0.0783. The van der Waals surface area contributed by atoms with Gasteiger partial charge in [0.25, 0.3) is 0 Å². The quantitative estimate of drug-likeness (QED) is 0.867. The molecule has 0 fully saturated rings. The molecule has 1 atom stereocenters. The number of methoxy groups -OCH3 is 1. The van der Waals surface area contributed by atoms with Crippen LogP contribution >= 0.6 is 15.9 Å². The maximum Gasteiger partial charge on any atom is 0.219 e. The molecule has 1 unspecified atom stereocenters. The van der Waals surface area contributed by atoms with Crippen molar-refractivity contribution in [2.24, 2.45) is 5.73 Å². The van der Waals surface area contributed by atoms with Crippen LogP contribution in [-0.2, 0) is 13.0 Å². The Morgan fingerprint density at radius 1 is 1.29 bits per heavy atom. The Balaban J connectivity index is 2.16. The normalized spacial score (nSPS) is 12.0. The molecule has 5 heteroatoms. The molecule has 4 nitrogen and oxygen atoms in total. The lowest BCUT2D eigenvalue weighted by Gasteiger charge is -2.14. The summed E-state index contributed by atoms with van der Waals surface area (Å²) >= 11 is 3.48. The van der Waals surface area contributed by atoms with Gasteiger partial charge in [-0.1, -0.05) is 15.9 Å². The second-order valence-electron chi connectivity index (χ2n) is 4.89. The predicted octanol–water partition coefficient (Wildman–Crippen LogP) is 3.32. The largest absolute Gasteiger partial charge is 0.488 e. The summed E-state index contributed by atoms with van der Waals surface area (Å²) in [7, 11) is 1.60. The average molecular weight is 351 g/mol. The van der Waals surface area contributed by atoms with Crippen LogP contribution in [-0.4, -0.2) is 18.1 Å². The molecule has 0 bridgehead atoms. The highest BCUT2D eigenvalue weighted by Crippen LogP contribution is 2.26. The van der Waals surface area contributed by atoms with E-state index in [1.54, 1.807) is 13.3 Å². The molecule has 0 saturated carbocycles. The van der Waals surface area contributed by atoms with Crippen LogP contribution in [0.2, 0.25) is 0 Å². The second kappa shape index (κ2) is 7.43. The van der Waals surface area contributed by atoms with Crippen molar-refractivity contribution >= 4 is 15.9 Å². The fraction of sp³-hybridized carbons (Fsp3) is 0.312. The van der Waals surface area contributed by atoms with Gasteiger partial charge in [0.15, 0.2) is 0 Å². The number of hydrogen-bond acceptors (Lipinski definition) is 4. The fourth-order valence-electron chi connectivity index (χ4n) is 2.07. The minimum absolute atomic E-state index is 0.0783. The number of ether oxygens (including phenoxy) is 2. The lowest BCUT2D eigenvalue weighted by molar-refractivity contribution is 0.290. The summed E-state index contributed by atoms with van der Waals surface area (Å²) in [4.78, 5) is 4.16. The van der Waals surface area contributed by atoms with Gasteiger partial charge in [-0.15, -0.1) is 0 Å². The first-order valence-corrected chi connectivity index (χ1v) is 7.54. The zero-order valence-electron chi connectivity index (χ0n) is 12.2. The highest BCUT2D eigenvalue weighted by Gasteiger charge is 2.09. The van der Waals surface area contributed by atoms with E-state index in [0.29, 0.717) is 12.5 Å². The molecular formula is C16H19BrN2O2.